The second-order valence-electron chi connectivity index (χ2n) is 4.96. The van der Waals surface area contributed by atoms with Crippen LogP contribution < -0.4 is 16.6 Å². The lowest BCUT2D eigenvalue weighted by Gasteiger charge is -2.14. The summed E-state index contributed by atoms with van der Waals surface area (Å²) >= 11 is 1.58. The third-order valence-corrected chi connectivity index (χ3v) is 5.14. The van der Waals surface area contributed by atoms with Gasteiger partial charge in [-0.15, -0.1) is 11.3 Å². The molecule has 0 saturated heterocycles. The number of thiophene rings is 1. The van der Waals surface area contributed by atoms with Gasteiger partial charge in [-0.2, -0.15) is 4.98 Å². The number of nitrogens with two attached hydrogens (primary N) is 1. The molecule has 2 heterocycles. The summed E-state index contributed by atoms with van der Waals surface area (Å²) in [6.07, 6.45) is 2.12. The number of nitrogen functional groups attached to an aromatic ring is 1. The quantitative estimate of drug-likeness (QED) is 0.542. The monoisotopic (exact) mass is 329 g/mol. The van der Waals surface area contributed by atoms with E-state index in [-0.39, 0.29) is 11.8 Å². The van der Waals surface area contributed by atoms with Crippen molar-refractivity contribution in [2.24, 2.45) is 5.84 Å². The third kappa shape index (κ3) is 4.02. The minimum atomic E-state index is -3.06. The number of aromatic nitrogens is 2. The Balaban J connectivity index is 2.39. The molecule has 0 fully saturated rings. The summed E-state index contributed by atoms with van der Waals surface area (Å²) in [5.74, 6) is 6.33. The fourth-order valence-corrected chi connectivity index (χ4v) is 4.01. The number of nitrogens with zero attached hydrogens (tertiary/aromatic N) is 2. The van der Waals surface area contributed by atoms with Crippen molar-refractivity contribution in [3.63, 3.8) is 0 Å². The number of nitrogens with one attached hydrogen (secondary N) is 2. The maximum atomic E-state index is 11.4. The molecule has 2 aromatic rings. The first-order valence-electron chi connectivity index (χ1n) is 6.53. The zero-order valence-electron chi connectivity index (χ0n) is 12.2. The Morgan fingerprint density at radius 2 is 2.14 bits per heavy atom. The molecule has 1 unspecified atom stereocenters. The topological polar surface area (TPSA) is 110 Å². The van der Waals surface area contributed by atoms with Crippen molar-refractivity contribution in [3.05, 3.63) is 10.9 Å². The van der Waals surface area contributed by atoms with E-state index >= 15 is 0 Å². The summed E-state index contributed by atoms with van der Waals surface area (Å²) in [6.45, 7) is 3.87. The highest BCUT2D eigenvalue weighted by molar-refractivity contribution is 7.90. The molecule has 0 amide bonds. The number of sulfone groups is 1. The molecule has 0 aromatic carbocycles. The predicted molar refractivity (Wildman–Crippen MR) is 87.4 cm³/mol. The average molecular weight is 329 g/mol. The van der Waals surface area contributed by atoms with Gasteiger partial charge in [0.05, 0.1) is 11.1 Å². The van der Waals surface area contributed by atoms with E-state index in [4.69, 9.17) is 5.84 Å². The van der Waals surface area contributed by atoms with Gasteiger partial charge in [0.2, 0.25) is 5.95 Å². The molecular formula is C12H19N5O2S2. The number of hydrogen-bond donors (Lipinski definition) is 3. The predicted octanol–water partition coefficient (Wildman–Crippen LogP) is 1.38. The van der Waals surface area contributed by atoms with Crippen LogP contribution in [0.4, 0.5) is 11.8 Å². The number of fused-ring (bicyclic) bond motifs is 1. The van der Waals surface area contributed by atoms with Crippen LogP contribution in [-0.2, 0) is 16.3 Å². The molecular weight excluding hydrogens is 310 g/mol. The summed E-state index contributed by atoms with van der Waals surface area (Å²) in [6, 6.07) is 1.77. The molecule has 4 N–H and O–H groups in total. The lowest BCUT2D eigenvalue weighted by Crippen LogP contribution is -2.26. The van der Waals surface area contributed by atoms with Crippen LogP contribution in [0.25, 0.3) is 10.2 Å². The van der Waals surface area contributed by atoms with Gasteiger partial charge in [0.1, 0.15) is 20.5 Å². The van der Waals surface area contributed by atoms with Gasteiger partial charge >= 0.3 is 0 Å². The standard InChI is InChI=1S/C12H19N5O2S2/c1-4-8-5-9-10(14-7(2)6-21(3,18)19)15-12(17-13)16-11(9)20-8/h5,7H,4,6,13H2,1-3H3,(H2,14,15,16,17). The Kier molecular flexibility index (Phi) is 4.64. The van der Waals surface area contributed by atoms with Crippen LogP contribution in [0.5, 0.6) is 0 Å². The number of hydrogen-bond acceptors (Lipinski definition) is 8. The molecule has 1 atom stereocenters. The van der Waals surface area contributed by atoms with Crippen molar-refractivity contribution < 1.29 is 8.42 Å². The highest BCUT2D eigenvalue weighted by atomic mass is 32.2. The molecule has 9 heteroatoms. The Morgan fingerprint density at radius 1 is 1.43 bits per heavy atom. The fourth-order valence-electron chi connectivity index (χ4n) is 2.05. The van der Waals surface area contributed by atoms with Crippen LogP contribution in [0.2, 0.25) is 0 Å². The Hall–Kier alpha value is -1.45. The second kappa shape index (κ2) is 6.12. The van der Waals surface area contributed by atoms with E-state index in [0.29, 0.717) is 11.8 Å². The first-order chi connectivity index (χ1) is 9.82. The maximum absolute atomic E-state index is 11.4. The minimum absolute atomic E-state index is 0.0364. The SMILES string of the molecule is CCc1cc2c(NC(C)CS(C)(=O)=O)nc(NN)nc2s1. The minimum Gasteiger partial charge on any atom is -0.366 e. The summed E-state index contributed by atoms with van der Waals surface area (Å²) in [4.78, 5) is 10.6. The van der Waals surface area contributed by atoms with Crippen LogP contribution in [0.1, 0.15) is 18.7 Å². The van der Waals surface area contributed by atoms with Crippen molar-refractivity contribution in [3.8, 4) is 0 Å². The normalized spacial score (nSPS) is 13.3. The molecule has 0 saturated carbocycles. The number of aryl methyl sites for hydroxylation is 1. The first-order valence-corrected chi connectivity index (χ1v) is 9.41. The molecule has 0 aliphatic carbocycles. The molecule has 21 heavy (non-hydrogen) atoms. The van der Waals surface area contributed by atoms with Crippen LogP contribution in [-0.4, -0.2) is 36.4 Å². The lowest BCUT2D eigenvalue weighted by molar-refractivity contribution is 0.598. The van der Waals surface area contributed by atoms with Crippen molar-refractivity contribution in [1.82, 2.24) is 9.97 Å². The van der Waals surface area contributed by atoms with Crippen LogP contribution >= 0.6 is 11.3 Å². The zero-order chi connectivity index (χ0) is 15.6. The molecule has 0 aliphatic heterocycles. The molecule has 0 radical (unpaired) electrons. The smallest absolute Gasteiger partial charge is 0.240 e. The van der Waals surface area contributed by atoms with E-state index in [1.54, 1.807) is 18.3 Å². The third-order valence-electron chi connectivity index (χ3n) is 2.86. The first kappa shape index (κ1) is 15.9. The summed E-state index contributed by atoms with van der Waals surface area (Å²) in [5.41, 5.74) is 2.43. The summed E-state index contributed by atoms with van der Waals surface area (Å²) < 4.78 is 22.7. The number of hydrazine groups is 1. The van der Waals surface area contributed by atoms with Crippen LogP contribution in [0, 0.1) is 0 Å². The van der Waals surface area contributed by atoms with Gasteiger partial charge in [-0.3, -0.25) is 5.43 Å². The molecule has 116 valence electrons. The molecule has 7 nitrogen and oxygen atoms in total. The van der Waals surface area contributed by atoms with E-state index in [9.17, 15) is 8.42 Å². The van der Waals surface area contributed by atoms with Gasteiger partial charge in [0.15, 0.2) is 0 Å². The van der Waals surface area contributed by atoms with E-state index in [1.807, 2.05) is 6.07 Å². The Bertz CT molecular complexity index is 741. The highest BCUT2D eigenvalue weighted by Crippen LogP contribution is 2.30. The van der Waals surface area contributed by atoms with Gasteiger partial charge in [0, 0.05) is 17.2 Å². The lowest BCUT2D eigenvalue weighted by atomic mass is 10.3. The molecule has 0 spiro atoms. The second-order valence-corrected chi connectivity index (χ2v) is 8.26. The van der Waals surface area contributed by atoms with E-state index in [2.05, 4.69) is 27.6 Å². The van der Waals surface area contributed by atoms with Crippen molar-refractivity contribution >= 4 is 43.2 Å². The van der Waals surface area contributed by atoms with Gasteiger partial charge < -0.3 is 5.32 Å². The van der Waals surface area contributed by atoms with E-state index in [0.717, 1.165) is 16.6 Å². The van der Waals surface area contributed by atoms with Crippen LogP contribution in [0.15, 0.2) is 6.07 Å². The summed E-state index contributed by atoms with van der Waals surface area (Å²) in [7, 11) is -3.06. The van der Waals surface area contributed by atoms with E-state index in [1.165, 1.54) is 11.1 Å². The number of rotatable bonds is 6. The van der Waals surface area contributed by atoms with Crippen molar-refractivity contribution in [2.45, 2.75) is 26.3 Å². The van der Waals surface area contributed by atoms with Gasteiger partial charge in [-0.05, 0) is 19.4 Å². The maximum Gasteiger partial charge on any atom is 0.240 e. The van der Waals surface area contributed by atoms with Gasteiger partial charge in [-0.1, -0.05) is 6.92 Å². The molecule has 2 rings (SSSR count). The van der Waals surface area contributed by atoms with Gasteiger partial charge in [-0.25, -0.2) is 19.2 Å². The van der Waals surface area contributed by atoms with Crippen molar-refractivity contribution in [1.29, 1.82) is 0 Å². The van der Waals surface area contributed by atoms with Crippen molar-refractivity contribution in [2.75, 3.05) is 22.8 Å². The Labute approximate surface area is 127 Å². The molecule has 0 aliphatic rings. The zero-order valence-corrected chi connectivity index (χ0v) is 13.8. The molecule has 0 bridgehead atoms. The Morgan fingerprint density at radius 3 is 2.71 bits per heavy atom. The largest absolute Gasteiger partial charge is 0.366 e. The number of anilines is 2. The highest BCUT2D eigenvalue weighted by Gasteiger charge is 2.15. The van der Waals surface area contributed by atoms with Crippen LogP contribution in [0.3, 0.4) is 0 Å². The summed E-state index contributed by atoms with van der Waals surface area (Å²) in [5, 5.41) is 4.02. The van der Waals surface area contributed by atoms with E-state index < -0.39 is 9.84 Å². The molecule has 2 aromatic heterocycles. The fraction of sp³-hybridized carbons (Fsp3) is 0.500. The van der Waals surface area contributed by atoms with Gasteiger partial charge in [0.25, 0.3) is 0 Å². The average Bonchev–Trinajstić information content (AvgIpc) is 2.79.